The molecule has 166 valence electrons. The molecule has 0 aliphatic heterocycles. The summed E-state index contributed by atoms with van der Waals surface area (Å²) in [6.07, 6.45) is 4.51. The van der Waals surface area contributed by atoms with E-state index in [2.05, 4.69) is 5.32 Å². The number of aliphatic carboxylic acids is 3. The van der Waals surface area contributed by atoms with Crippen molar-refractivity contribution in [3.63, 3.8) is 0 Å². The van der Waals surface area contributed by atoms with Crippen molar-refractivity contribution in [1.29, 1.82) is 0 Å². The average molecular weight is 409 g/mol. The first kappa shape index (κ1) is 30.3. The lowest BCUT2D eigenvalue weighted by Gasteiger charge is -2.05. The molecular formula is C16H35N5O7. The molecule has 28 heavy (non-hydrogen) atoms. The maximum atomic E-state index is 10.2. The van der Waals surface area contributed by atoms with Crippen molar-refractivity contribution < 1.29 is 34.5 Å². The second-order valence-electron chi connectivity index (χ2n) is 5.66. The Morgan fingerprint density at radius 3 is 1.64 bits per heavy atom. The number of rotatable bonds is 13. The molecule has 0 aromatic rings. The number of unbranched alkanes of at least 4 members (excludes halogenated alkanes) is 2. The van der Waals surface area contributed by atoms with E-state index in [4.69, 9.17) is 38.3 Å². The molecule has 12 N–H and O–H groups in total. The molecule has 1 atom stereocenters. The van der Waals surface area contributed by atoms with Gasteiger partial charge in [0.2, 0.25) is 0 Å². The van der Waals surface area contributed by atoms with Gasteiger partial charge in [-0.05, 0) is 45.2 Å². The van der Waals surface area contributed by atoms with Crippen molar-refractivity contribution in [3.8, 4) is 0 Å². The highest BCUT2D eigenvalue weighted by molar-refractivity contribution is 5.73. The zero-order valence-corrected chi connectivity index (χ0v) is 16.1. The molecule has 0 heterocycles. The van der Waals surface area contributed by atoms with Gasteiger partial charge in [0.25, 0.3) is 0 Å². The molecule has 0 rings (SSSR count). The summed E-state index contributed by atoms with van der Waals surface area (Å²) in [5.41, 5.74) is 20.2. The molecule has 0 unspecified atom stereocenters. The van der Waals surface area contributed by atoms with Crippen LogP contribution in [-0.2, 0) is 14.4 Å². The fourth-order valence-corrected chi connectivity index (χ4v) is 1.51. The highest BCUT2D eigenvalue weighted by Crippen LogP contribution is 1.97. The van der Waals surface area contributed by atoms with E-state index >= 15 is 0 Å². The molecule has 0 fully saturated rings. The van der Waals surface area contributed by atoms with E-state index in [0.717, 1.165) is 19.3 Å². The standard InChI is InChI=1S/C6H13N3O3.C6H13NO2.C4H9NO2/c7-4(5(10)11)2-1-3-9-6(8)12;7-5-3-1-2-4-6(8)9;5-3-1-2-4(6)7/h4H,1-3,7H2,(H,10,11)(H3,8,9,12);1-5,7H2,(H,8,9);1-3,5H2,(H,6,7)/t4-;;/m0../s1. The number of carboxylic acids is 3. The van der Waals surface area contributed by atoms with Crippen LogP contribution in [0.5, 0.6) is 0 Å². The van der Waals surface area contributed by atoms with E-state index in [1.54, 1.807) is 0 Å². The normalized spacial score (nSPS) is 10.4. The summed E-state index contributed by atoms with van der Waals surface area (Å²) in [5, 5.41) is 26.9. The van der Waals surface area contributed by atoms with Gasteiger partial charge in [-0.1, -0.05) is 6.42 Å². The van der Waals surface area contributed by atoms with Crippen LogP contribution in [0.25, 0.3) is 0 Å². The molecular weight excluding hydrogens is 374 g/mol. The van der Waals surface area contributed by atoms with E-state index in [1.165, 1.54) is 0 Å². The fraction of sp³-hybridized carbons (Fsp3) is 0.750. The highest BCUT2D eigenvalue weighted by atomic mass is 16.4. The maximum absolute atomic E-state index is 10.2. The van der Waals surface area contributed by atoms with Gasteiger partial charge in [-0.25, -0.2) is 4.79 Å². The van der Waals surface area contributed by atoms with E-state index < -0.39 is 30.0 Å². The monoisotopic (exact) mass is 409 g/mol. The number of hydrogen-bond donors (Lipinski definition) is 8. The Labute approximate surface area is 164 Å². The Bertz CT molecular complexity index is 436. The quantitative estimate of drug-likeness (QED) is 0.177. The van der Waals surface area contributed by atoms with Crippen LogP contribution in [0.4, 0.5) is 4.79 Å². The van der Waals surface area contributed by atoms with Gasteiger partial charge in [0, 0.05) is 19.4 Å². The van der Waals surface area contributed by atoms with Crippen molar-refractivity contribution >= 4 is 23.9 Å². The lowest BCUT2D eigenvalue weighted by Crippen LogP contribution is -2.33. The number of amides is 2. The Balaban J connectivity index is -0.000000349. The number of nitrogens with one attached hydrogen (secondary N) is 1. The van der Waals surface area contributed by atoms with Crippen LogP contribution >= 0.6 is 0 Å². The third-order valence-electron chi connectivity index (χ3n) is 3.00. The van der Waals surface area contributed by atoms with Gasteiger partial charge in [-0.3, -0.25) is 14.4 Å². The summed E-state index contributed by atoms with van der Waals surface area (Å²) >= 11 is 0. The molecule has 0 aliphatic rings. The van der Waals surface area contributed by atoms with Gasteiger partial charge in [-0.2, -0.15) is 0 Å². The van der Waals surface area contributed by atoms with Crippen molar-refractivity contribution in [3.05, 3.63) is 0 Å². The summed E-state index contributed by atoms with van der Waals surface area (Å²) in [7, 11) is 0. The molecule has 12 nitrogen and oxygen atoms in total. The number of nitrogens with two attached hydrogens (primary N) is 4. The van der Waals surface area contributed by atoms with Crippen LogP contribution in [0.1, 0.15) is 51.4 Å². The van der Waals surface area contributed by atoms with Gasteiger partial charge < -0.3 is 43.6 Å². The van der Waals surface area contributed by atoms with Crippen LogP contribution < -0.4 is 28.3 Å². The molecule has 0 aromatic carbocycles. The maximum Gasteiger partial charge on any atom is 0.320 e. The molecule has 0 radical (unpaired) electrons. The molecule has 0 aliphatic carbocycles. The van der Waals surface area contributed by atoms with E-state index in [9.17, 15) is 19.2 Å². The minimum atomic E-state index is -1.03. The van der Waals surface area contributed by atoms with Crippen LogP contribution in [0.3, 0.4) is 0 Å². The predicted molar refractivity (Wildman–Crippen MR) is 104 cm³/mol. The predicted octanol–water partition coefficient (Wildman–Crippen LogP) is -0.753. The topological polar surface area (TPSA) is 245 Å². The Morgan fingerprint density at radius 1 is 0.786 bits per heavy atom. The molecule has 0 saturated heterocycles. The van der Waals surface area contributed by atoms with Gasteiger partial charge >= 0.3 is 23.9 Å². The lowest BCUT2D eigenvalue weighted by molar-refractivity contribution is -0.139. The molecule has 2 amide bonds. The van der Waals surface area contributed by atoms with E-state index in [1.807, 2.05) is 0 Å². The Kier molecular flexibility index (Phi) is 24.5. The smallest absolute Gasteiger partial charge is 0.320 e. The SMILES string of the molecule is NC(=O)NCCC[C@H](N)C(=O)O.NCCCC(=O)O.NCCCCCC(=O)O. The van der Waals surface area contributed by atoms with Crippen LogP contribution in [0, 0.1) is 0 Å². The highest BCUT2D eigenvalue weighted by Gasteiger charge is 2.09. The second-order valence-corrected chi connectivity index (χ2v) is 5.66. The number of urea groups is 1. The lowest BCUT2D eigenvalue weighted by atomic mass is 10.2. The third-order valence-corrected chi connectivity index (χ3v) is 3.00. The van der Waals surface area contributed by atoms with E-state index in [-0.39, 0.29) is 12.8 Å². The second kappa shape index (κ2) is 22.6. The zero-order valence-electron chi connectivity index (χ0n) is 16.1. The van der Waals surface area contributed by atoms with Crippen LogP contribution in [0.2, 0.25) is 0 Å². The first-order valence-electron chi connectivity index (χ1n) is 8.93. The molecule has 12 heteroatoms. The number of primary amides is 1. The number of carbonyl (C=O) groups excluding carboxylic acids is 1. The van der Waals surface area contributed by atoms with Gasteiger partial charge in [-0.15, -0.1) is 0 Å². The van der Waals surface area contributed by atoms with Crippen molar-refractivity contribution in [2.24, 2.45) is 22.9 Å². The zero-order chi connectivity index (χ0) is 22.4. The number of hydrogen-bond acceptors (Lipinski definition) is 7. The molecule has 0 bridgehead atoms. The fourth-order valence-electron chi connectivity index (χ4n) is 1.51. The minimum absolute atomic E-state index is 0.191. The largest absolute Gasteiger partial charge is 0.481 e. The molecule has 0 aromatic heterocycles. The van der Waals surface area contributed by atoms with Gasteiger partial charge in [0.1, 0.15) is 6.04 Å². The van der Waals surface area contributed by atoms with Crippen molar-refractivity contribution in [2.45, 2.75) is 57.4 Å². The van der Waals surface area contributed by atoms with Crippen LogP contribution in [0.15, 0.2) is 0 Å². The molecule has 0 spiro atoms. The van der Waals surface area contributed by atoms with Crippen LogP contribution in [-0.4, -0.2) is 64.9 Å². The van der Waals surface area contributed by atoms with Crippen molar-refractivity contribution in [2.75, 3.05) is 19.6 Å². The first-order chi connectivity index (χ1) is 13.1. The molecule has 0 saturated carbocycles. The summed E-state index contributed by atoms with van der Waals surface area (Å²) in [6, 6.07) is -1.47. The third kappa shape index (κ3) is 34.8. The summed E-state index contributed by atoms with van der Waals surface area (Å²) in [6.45, 7) is 1.49. The summed E-state index contributed by atoms with van der Waals surface area (Å²) < 4.78 is 0. The summed E-state index contributed by atoms with van der Waals surface area (Å²) in [5.74, 6) is -2.52. The summed E-state index contributed by atoms with van der Waals surface area (Å²) in [4.78, 5) is 40.0. The van der Waals surface area contributed by atoms with Gasteiger partial charge in [0.05, 0.1) is 0 Å². The average Bonchev–Trinajstić information content (AvgIpc) is 2.61. The van der Waals surface area contributed by atoms with Crippen molar-refractivity contribution in [1.82, 2.24) is 5.32 Å². The number of carboxylic acid groups (broad SMARTS) is 3. The van der Waals surface area contributed by atoms with Gasteiger partial charge in [0.15, 0.2) is 0 Å². The first-order valence-corrected chi connectivity index (χ1v) is 8.93. The number of carbonyl (C=O) groups is 4. The van der Waals surface area contributed by atoms with E-state index in [0.29, 0.717) is 38.9 Å². The Morgan fingerprint density at radius 2 is 1.29 bits per heavy atom. The minimum Gasteiger partial charge on any atom is -0.481 e. The Hall–Kier alpha value is -2.44.